The Morgan fingerprint density at radius 3 is 2.71 bits per heavy atom. The molecule has 1 aliphatic heterocycles. The van der Waals surface area contributed by atoms with Gasteiger partial charge in [-0.2, -0.15) is 0 Å². The highest BCUT2D eigenvalue weighted by Gasteiger charge is 2.25. The van der Waals surface area contributed by atoms with E-state index in [-0.39, 0.29) is 0 Å². The summed E-state index contributed by atoms with van der Waals surface area (Å²) in [5.41, 5.74) is 3.25. The number of halogens is 1. The molecular weight excluding hydrogens is 300 g/mol. The zero-order valence-corrected chi connectivity index (χ0v) is 13.4. The molecule has 2 nitrogen and oxygen atoms in total. The van der Waals surface area contributed by atoms with Crippen LogP contribution < -0.4 is 10.2 Å². The summed E-state index contributed by atoms with van der Waals surface area (Å²) in [6.45, 7) is 3.03. The minimum absolute atomic E-state index is 0.325. The SMILES string of the molecule is CCC1CN(c2ccccc2)c2cc(Cl)ccc2NC1=S. The monoisotopic (exact) mass is 316 g/mol. The van der Waals surface area contributed by atoms with E-state index in [4.69, 9.17) is 23.8 Å². The predicted octanol–water partition coefficient (Wildman–Crippen LogP) is 5.26. The third-order valence-corrected chi connectivity index (χ3v) is 4.51. The number of anilines is 3. The van der Waals surface area contributed by atoms with Crippen molar-refractivity contribution in [2.24, 2.45) is 5.92 Å². The molecule has 0 radical (unpaired) electrons. The van der Waals surface area contributed by atoms with E-state index >= 15 is 0 Å². The molecule has 1 atom stereocenters. The molecule has 0 bridgehead atoms. The van der Waals surface area contributed by atoms with E-state index in [1.165, 1.54) is 0 Å². The van der Waals surface area contributed by atoms with Crippen molar-refractivity contribution in [3.8, 4) is 0 Å². The number of fused-ring (bicyclic) bond motifs is 1. The van der Waals surface area contributed by atoms with Crippen LogP contribution in [0.5, 0.6) is 0 Å². The summed E-state index contributed by atoms with van der Waals surface area (Å²) in [7, 11) is 0. The minimum Gasteiger partial charge on any atom is -0.348 e. The lowest BCUT2D eigenvalue weighted by Crippen LogP contribution is -2.28. The number of hydrogen-bond acceptors (Lipinski definition) is 2. The molecule has 0 fully saturated rings. The first-order valence-corrected chi connectivity index (χ1v) is 7.90. The summed E-state index contributed by atoms with van der Waals surface area (Å²) in [4.78, 5) is 3.20. The van der Waals surface area contributed by atoms with Crippen molar-refractivity contribution in [3.63, 3.8) is 0 Å². The third kappa shape index (κ3) is 2.89. The van der Waals surface area contributed by atoms with Gasteiger partial charge in [-0.1, -0.05) is 48.9 Å². The second-order valence-corrected chi connectivity index (χ2v) is 6.08. The Morgan fingerprint density at radius 1 is 1.24 bits per heavy atom. The topological polar surface area (TPSA) is 15.3 Å². The second kappa shape index (κ2) is 6.04. The number of benzene rings is 2. The van der Waals surface area contributed by atoms with Gasteiger partial charge in [-0.3, -0.25) is 0 Å². The van der Waals surface area contributed by atoms with Crippen molar-refractivity contribution in [2.45, 2.75) is 13.3 Å². The highest BCUT2D eigenvalue weighted by atomic mass is 35.5. The fraction of sp³-hybridized carbons (Fsp3) is 0.235. The van der Waals surface area contributed by atoms with Gasteiger partial charge in [0.05, 0.1) is 16.4 Å². The van der Waals surface area contributed by atoms with E-state index < -0.39 is 0 Å². The molecule has 108 valence electrons. The van der Waals surface area contributed by atoms with Gasteiger partial charge in [0, 0.05) is 23.2 Å². The van der Waals surface area contributed by atoms with E-state index in [1.54, 1.807) is 0 Å². The van der Waals surface area contributed by atoms with Crippen LogP contribution in [0.2, 0.25) is 5.02 Å². The molecule has 0 saturated carbocycles. The Labute approximate surface area is 135 Å². The molecular formula is C17H17ClN2S. The summed E-state index contributed by atoms with van der Waals surface area (Å²) < 4.78 is 0. The van der Waals surface area contributed by atoms with Crippen molar-refractivity contribution < 1.29 is 0 Å². The molecule has 2 aromatic rings. The number of hydrogen-bond donors (Lipinski definition) is 1. The molecule has 0 spiro atoms. The molecule has 2 aromatic carbocycles. The Morgan fingerprint density at radius 2 is 2.00 bits per heavy atom. The van der Waals surface area contributed by atoms with Crippen LogP contribution in [-0.2, 0) is 0 Å². The first-order valence-electron chi connectivity index (χ1n) is 7.12. The number of rotatable bonds is 2. The normalized spacial score (nSPS) is 17.9. The zero-order valence-electron chi connectivity index (χ0n) is 11.8. The zero-order chi connectivity index (χ0) is 14.8. The summed E-state index contributed by atoms with van der Waals surface area (Å²) in [5, 5.41) is 4.12. The predicted molar refractivity (Wildman–Crippen MR) is 94.9 cm³/mol. The van der Waals surface area contributed by atoms with Crippen molar-refractivity contribution in [1.82, 2.24) is 0 Å². The number of para-hydroxylation sites is 1. The lowest BCUT2D eigenvalue weighted by atomic mass is 10.1. The average molecular weight is 317 g/mol. The van der Waals surface area contributed by atoms with Gasteiger partial charge in [-0.15, -0.1) is 0 Å². The molecule has 3 rings (SSSR count). The molecule has 1 N–H and O–H groups in total. The van der Waals surface area contributed by atoms with Crippen LogP contribution in [0.1, 0.15) is 13.3 Å². The van der Waals surface area contributed by atoms with E-state index in [1.807, 2.05) is 24.3 Å². The van der Waals surface area contributed by atoms with Crippen LogP contribution >= 0.6 is 23.8 Å². The summed E-state index contributed by atoms with van der Waals surface area (Å²) in [5.74, 6) is 0.325. The van der Waals surface area contributed by atoms with Crippen molar-refractivity contribution in [3.05, 3.63) is 53.6 Å². The molecule has 1 aliphatic rings. The highest BCUT2D eigenvalue weighted by molar-refractivity contribution is 7.80. The molecule has 0 aliphatic carbocycles. The van der Waals surface area contributed by atoms with Crippen LogP contribution in [0.3, 0.4) is 0 Å². The van der Waals surface area contributed by atoms with Gasteiger partial charge >= 0.3 is 0 Å². The number of thiocarbonyl (C=S) groups is 1. The van der Waals surface area contributed by atoms with Gasteiger partial charge in [-0.05, 0) is 36.8 Å². The maximum atomic E-state index is 6.20. The molecule has 4 heteroatoms. The van der Waals surface area contributed by atoms with Crippen LogP contribution in [0, 0.1) is 5.92 Å². The fourth-order valence-corrected chi connectivity index (χ4v) is 3.15. The molecule has 1 unspecified atom stereocenters. The van der Waals surface area contributed by atoms with Crippen LogP contribution in [0.25, 0.3) is 0 Å². The maximum absolute atomic E-state index is 6.20. The van der Waals surface area contributed by atoms with Crippen LogP contribution in [0.4, 0.5) is 17.1 Å². The summed E-state index contributed by atoms with van der Waals surface area (Å²) in [6, 6.07) is 16.3. The van der Waals surface area contributed by atoms with E-state index in [0.717, 1.165) is 40.0 Å². The van der Waals surface area contributed by atoms with Crippen molar-refractivity contribution >= 4 is 45.9 Å². The maximum Gasteiger partial charge on any atom is 0.0847 e. The summed E-state index contributed by atoms with van der Waals surface area (Å²) >= 11 is 11.8. The van der Waals surface area contributed by atoms with Gasteiger partial charge in [0.2, 0.25) is 0 Å². The first-order chi connectivity index (χ1) is 10.2. The quantitative estimate of drug-likeness (QED) is 0.761. The standard InChI is InChI=1S/C17H17ClN2S/c1-2-12-11-20(14-6-4-3-5-7-14)16-10-13(18)8-9-15(16)19-17(12)21/h3-10,12H,2,11H2,1H3,(H,19,21). The van der Waals surface area contributed by atoms with E-state index in [2.05, 4.69) is 41.4 Å². The minimum atomic E-state index is 0.325. The van der Waals surface area contributed by atoms with E-state index in [9.17, 15) is 0 Å². The molecule has 0 aromatic heterocycles. The van der Waals surface area contributed by atoms with Crippen LogP contribution in [0.15, 0.2) is 48.5 Å². The van der Waals surface area contributed by atoms with Gasteiger partial charge in [0.25, 0.3) is 0 Å². The molecule has 1 heterocycles. The van der Waals surface area contributed by atoms with E-state index in [0.29, 0.717) is 5.92 Å². The third-order valence-electron chi connectivity index (χ3n) is 3.84. The molecule has 0 saturated heterocycles. The highest BCUT2D eigenvalue weighted by Crippen LogP contribution is 2.38. The van der Waals surface area contributed by atoms with Gasteiger partial charge in [0.15, 0.2) is 0 Å². The van der Waals surface area contributed by atoms with Crippen molar-refractivity contribution in [1.29, 1.82) is 0 Å². The second-order valence-electron chi connectivity index (χ2n) is 5.20. The number of nitrogens with zero attached hydrogens (tertiary/aromatic N) is 1. The van der Waals surface area contributed by atoms with Crippen LogP contribution in [-0.4, -0.2) is 11.5 Å². The van der Waals surface area contributed by atoms with Gasteiger partial charge in [0.1, 0.15) is 0 Å². The molecule has 0 amide bonds. The Bertz CT molecular complexity index is 657. The Kier molecular flexibility index (Phi) is 4.13. The van der Waals surface area contributed by atoms with Crippen molar-refractivity contribution in [2.75, 3.05) is 16.8 Å². The van der Waals surface area contributed by atoms with Gasteiger partial charge in [-0.25, -0.2) is 0 Å². The Hall–Kier alpha value is -1.58. The first kappa shape index (κ1) is 14.4. The number of nitrogens with one attached hydrogen (secondary N) is 1. The largest absolute Gasteiger partial charge is 0.348 e. The van der Waals surface area contributed by atoms with Gasteiger partial charge < -0.3 is 10.2 Å². The fourth-order valence-electron chi connectivity index (χ4n) is 2.64. The average Bonchev–Trinajstić information content (AvgIpc) is 2.64. The lowest BCUT2D eigenvalue weighted by Gasteiger charge is -2.27. The lowest BCUT2D eigenvalue weighted by molar-refractivity contribution is 0.676. The Balaban J connectivity index is 2.12. The summed E-state index contributed by atoms with van der Waals surface area (Å²) in [6.07, 6.45) is 1.01. The molecule has 21 heavy (non-hydrogen) atoms. The smallest absolute Gasteiger partial charge is 0.0847 e.